The van der Waals surface area contributed by atoms with Gasteiger partial charge in [-0.3, -0.25) is 0 Å². The summed E-state index contributed by atoms with van der Waals surface area (Å²) in [6.45, 7) is 2.50. The van der Waals surface area contributed by atoms with Crippen molar-refractivity contribution in [1.82, 2.24) is 0 Å². The fourth-order valence-corrected chi connectivity index (χ4v) is 2.82. The van der Waals surface area contributed by atoms with Crippen LogP contribution in [-0.2, 0) is 0 Å². The number of benzene rings is 1. The van der Waals surface area contributed by atoms with Gasteiger partial charge in [0.25, 0.3) is 0 Å². The van der Waals surface area contributed by atoms with E-state index >= 15 is 0 Å². The molecule has 0 aromatic heterocycles. The molecular weight excluding hydrogens is 234 g/mol. The van der Waals surface area contributed by atoms with Crippen LogP contribution in [0.2, 0.25) is 0 Å². The molecule has 2 nitrogen and oxygen atoms in total. The molecule has 1 atom stereocenters. The third kappa shape index (κ3) is 4.54. The molecule has 1 aromatic carbocycles. The number of hydrogen-bond donors (Lipinski definition) is 2. The Kier molecular flexibility index (Phi) is 4.67. The van der Waals surface area contributed by atoms with Gasteiger partial charge < -0.3 is 10.4 Å². The molecule has 0 heterocycles. The highest BCUT2D eigenvalue weighted by atomic mass is 16.3. The monoisotopic (exact) mass is 263 g/mol. The first kappa shape index (κ1) is 11.8. The van der Waals surface area contributed by atoms with Gasteiger partial charge >= 0.3 is 0 Å². The van der Waals surface area contributed by atoms with Crippen molar-refractivity contribution in [3.63, 3.8) is 0 Å². The molecule has 2 heteroatoms. The lowest BCUT2D eigenvalue weighted by atomic mass is 9.89. The van der Waals surface area contributed by atoms with Crippen LogP contribution in [0.1, 0.15) is 66.2 Å². The van der Waals surface area contributed by atoms with Crippen molar-refractivity contribution in [3.8, 4) is 0 Å². The Morgan fingerprint density at radius 1 is 1.37 bits per heavy atom. The number of hydrogen-bond acceptors (Lipinski definition) is 2. The summed E-state index contributed by atoms with van der Waals surface area (Å²) >= 11 is 0. The summed E-state index contributed by atoms with van der Waals surface area (Å²) < 4.78 is 15.1. The van der Waals surface area contributed by atoms with Crippen LogP contribution < -0.4 is 5.32 Å². The van der Waals surface area contributed by atoms with E-state index in [4.69, 9.17) is 2.74 Å². The lowest BCUT2D eigenvalue weighted by molar-refractivity contribution is 0.166. The number of nitrogens with one attached hydrogen (secondary N) is 1. The van der Waals surface area contributed by atoms with Gasteiger partial charge in [-0.15, -0.1) is 0 Å². The predicted molar refractivity (Wildman–Crippen MR) is 81.4 cm³/mol. The maximum Gasteiger partial charge on any atom is 0.0790 e. The molecule has 1 fully saturated rings. The van der Waals surface area contributed by atoms with Gasteiger partial charge in [-0.2, -0.15) is 0 Å². The molecule has 2 rings (SSSR count). The van der Waals surface area contributed by atoms with Crippen LogP contribution in [0.4, 0.5) is 5.69 Å². The molecule has 0 aliphatic heterocycles. The second-order valence-corrected chi connectivity index (χ2v) is 5.58. The Balaban J connectivity index is 1.90. The van der Waals surface area contributed by atoms with E-state index in [1.54, 1.807) is 0 Å². The van der Waals surface area contributed by atoms with Crippen molar-refractivity contribution in [2.75, 3.05) is 11.9 Å². The van der Waals surface area contributed by atoms with E-state index in [-0.39, 0.29) is 6.42 Å². The Morgan fingerprint density at radius 3 is 2.89 bits per heavy atom. The highest BCUT2D eigenvalue weighted by Gasteiger charge is 2.13. The van der Waals surface area contributed by atoms with Crippen molar-refractivity contribution in [2.45, 2.75) is 57.9 Å². The van der Waals surface area contributed by atoms with Crippen LogP contribution in [0.5, 0.6) is 0 Å². The van der Waals surface area contributed by atoms with Crippen molar-refractivity contribution in [1.29, 1.82) is 0 Å². The molecule has 0 amide bonds. The first-order chi connectivity index (χ1) is 9.94. The van der Waals surface area contributed by atoms with Crippen LogP contribution in [-0.4, -0.2) is 11.7 Å². The second kappa shape index (κ2) is 7.54. The SMILES string of the molecule is [2H]C([2H])(C)CC(O)c1cccc(NCC2CCCCC2)c1. The minimum atomic E-state index is -1.36. The van der Waals surface area contributed by atoms with Gasteiger partial charge in [0.1, 0.15) is 0 Å². The molecule has 0 bridgehead atoms. The van der Waals surface area contributed by atoms with Crippen molar-refractivity contribution >= 4 is 5.69 Å². The van der Waals surface area contributed by atoms with Crippen molar-refractivity contribution < 1.29 is 7.85 Å². The minimum Gasteiger partial charge on any atom is -0.388 e. The van der Waals surface area contributed by atoms with Gasteiger partial charge in [-0.05, 0) is 42.9 Å². The average molecular weight is 263 g/mol. The first-order valence-electron chi connectivity index (χ1n) is 8.46. The van der Waals surface area contributed by atoms with Gasteiger partial charge in [-0.1, -0.05) is 44.7 Å². The Labute approximate surface area is 120 Å². The highest BCUT2D eigenvalue weighted by molar-refractivity contribution is 5.46. The lowest BCUT2D eigenvalue weighted by Crippen LogP contribution is -2.17. The Morgan fingerprint density at radius 2 is 2.16 bits per heavy atom. The predicted octanol–water partition coefficient (Wildman–Crippen LogP) is 4.51. The van der Waals surface area contributed by atoms with E-state index in [0.717, 1.165) is 23.7 Å². The summed E-state index contributed by atoms with van der Waals surface area (Å²) in [4.78, 5) is 0. The topological polar surface area (TPSA) is 32.3 Å². The van der Waals surface area contributed by atoms with E-state index in [1.807, 2.05) is 24.3 Å². The fraction of sp³-hybridized carbons (Fsp3) is 0.647. The number of anilines is 1. The molecule has 1 unspecified atom stereocenters. The maximum absolute atomic E-state index is 10.1. The van der Waals surface area contributed by atoms with E-state index in [0.29, 0.717) is 0 Å². The normalized spacial score (nSPS) is 20.5. The summed E-state index contributed by atoms with van der Waals surface area (Å²) in [6.07, 6.45) is 4.70. The maximum atomic E-state index is 10.1. The Bertz CT molecular complexity index is 439. The van der Waals surface area contributed by atoms with Crippen LogP contribution in [0.15, 0.2) is 24.3 Å². The summed E-state index contributed by atoms with van der Waals surface area (Å²) in [5, 5.41) is 13.6. The number of aliphatic hydroxyl groups excluding tert-OH is 1. The number of rotatable bonds is 6. The highest BCUT2D eigenvalue weighted by Crippen LogP contribution is 2.25. The molecule has 1 aliphatic rings. The fourth-order valence-electron chi connectivity index (χ4n) is 2.82. The van der Waals surface area contributed by atoms with Gasteiger partial charge in [0, 0.05) is 15.0 Å². The molecule has 1 aliphatic carbocycles. The molecule has 0 saturated heterocycles. The van der Waals surface area contributed by atoms with E-state index < -0.39 is 12.5 Å². The summed E-state index contributed by atoms with van der Waals surface area (Å²) in [7, 11) is 0. The summed E-state index contributed by atoms with van der Waals surface area (Å²) in [6, 6.07) is 7.74. The quantitative estimate of drug-likeness (QED) is 0.791. The van der Waals surface area contributed by atoms with Crippen LogP contribution >= 0.6 is 0 Å². The van der Waals surface area contributed by atoms with Gasteiger partial charge in [0.05, 0.1) is 6.10 Å². The lowest BCUT2D eigenvalue weighted by Gasteiger charge is -2.22. The summed E-state index contributed by atoms with van der Waals surface area (Å²) in [5.74, 6) is 0.761. The van der Waals surface area contributed by atoms with Gasteiger partial charge in [0.15, 0.2) is 0 Å². The minimum absolute atomic E-state index is 0.124. The molecule has 2 N–H and O–H groups in total. The molecule has 106 valence electrons. The van der Waals surface area contributed by atoms with Crippen LogP contribution in [0, 0.1) is 5.92 Å². The Hall–Kier alpha value is -1.02. The van der Waals surface area contributed by atoms with Crippen molar-refractivity contribution in [3.05, 3.63) is 29.8 Å². The molecule has 1 aromatic rings. The van der Waals surface area contributed by atoms with E-state index in [1.165, 1.54) is 39.0 Å². The zero-order chi connectivity index (χ0) is 15.3. The average Bonchev–Trinajstić information content (AvgIpc) is 2.45. The molecular formula is C17H27NO. The van der Waals surface area contributed by atoms with E-state index in [9.17, 15) is 5.11 Å². The van der Waals surface area contributed by atoms with Crippen LogP contribution in [0.25, 0.3) is 0 Å². The summed E-state index contributed by atoms with van der Waals surface area (Å²) in [5.41, 5.74) is 1.81. The largest absolute Gasteiger partial charge is 0.388 e. The first-order valence-corrected chi connectivity index (χ1v) is 7.46. The standard InChI is InChI=1S/C17H27NO/c1-2-7-17(19)15-10-6-11-16(12-15)18-13-14-8-4-3-5-9-14/h6,10-12,14,17-19H,2-5,7-9,13H2,1H3/i2D2. The third-order valence-corrected chi connectivity index (χ3v) is 3.99. The zero-order valence-electron chi connectivity index (χ0n) is 13.9. The molecule has 19 heavy (non-hydrogen) atoms. The second-order valence-electron chi connectivity index (χ2n) is 5.58. The third-order valence-electron chi connectivity index (χ3n) is 3.99. The van der Waals surface area contributed by atoms with Gasteiger partial charge in [0.2, 0.25) is 0 Å². The smallest absolute Gasteiger partial charge is 0.0790 e. The number of aliphatic hydroxyl groups is 1. The molecule has 1 saturated carbocycles. The van der Waals surface area contributed by atoms with E-state index in [2.05, 4.69) is 5.32 Å². The van der Waals surface area contributed by atoms with Gasteiger partial charge in [-0.25, -0.2) is 0 Å². The van der Waals surface area contributed by atoms with Crippen LogP contribution in [0.3, 0.4) is 0 Å². The van der Waals surface area contributed by atoms with Crippen molar-refractivity contribution in [2.24, 2.45) is 5.92 Å². The zero-order valence-corrected chi connectivity index (χ0v) is 11.9. The molecule has 0 radical (unpaired) electrons. The molecule has 0 spiro atoms.